The molecular formula is C23H25FN4O4S. The minimum Gasteiger partial charge on any atom is -0.337 e. The maximum Gasteiger partial charge on any atom is 0.246 e. The van der Waals surface area contributed by atoms with Gasteiger partial charge < -0.3 is 9.42 Å². The molecule has 0 spiro atoms. The van der Waals surface area contributed by atoms with Crippen molar-refractivity contribution in [3.63, 3.8) is 0 Å². The van der Waals surface area contributed by atoms with Crippen molar-refractivity contribution in [2.24, 2.45) is 5.92 Å². The topological polar surface area (TPSA) is 96.6 Å². The molecule has 8 nitrogen and oxygen atoms in total. The predicted molar refractivity (Wildman–Crippen MR) is 119 cm³/mol. The average molecular weight is 473 g/mol. The van der Waals surface area contributed by atoms with Crippen LogP contribution in [0.4, 0.5) is 4.39 Å². The summed E-state index contributed by atoms with van der Waals surface area (Å²) in [6.45, 7) is 2.50. The van der Waals surface area contributed by atoms with Crippen LogP contribution in [0, 0.1) is 18.7 Å². The molecule has 10 heteroatoms. The lowest BCUT2D eigenvalue weighted by Gasteiger charge is -2.33. The summed E-state index contributed by atoms with van der Waals surface area (Å²) in [6, 6.07) is 12.4. The summed E-state index contributed by atoms with van der Waals surface area (Å²) >= 11 is 0. The molecule has 2 aromatic carbocycles. The quantitative estimate of drug-likeness (QED) is 0.546. The van der Waals surface area contributed by atoms with E-state index in [1.54, 1.807) is 7.05 Å². The third-order valence-corrected chi connectivity index (χ3v) is 7.59. The molecule has 0 radical (unpaired) electrons. The summed E-state index contributed by atoms with van der Waals surface area (Å²) in [5.41, 5.74) is 1.94. The molecule has 3 aromatic rings. The van der Waals surface area contributed by atoms with Crippen molar-refractivity contribution >= 4 is 15.9 Å². The number of carbonyl (C=O) groups excluding carboxylic acids is 1. The highest BCUT2D eigenvalue weighted by Gasteiger charge is 2.34. The first-order valence-electron chi connectivity index (χ1n) is 10.6. The Bertz CT molecular complexity index is 1230. The highest BCUT2D eigenvalue weighted by molar-refractivity contribution is 7.89. The van der Waals surface area contributed by atoms with Gasteiger partial charge in [0.25, 0.3) is 0 Å². The zero-order valence-corrected chi connectivity index (χ0v) is 19.3. The molecule has 174 valence electrons. The third kappa shape index (κ3) is 5.12. The summed E-state index contributed by atoms with van der Waals surface area (Å²) in [5.74, 6) is -0.440. The van der Waals surface area contributed by atoms with E-state index in [9.17, 15) is 17.6 Å². The second kappa shape index (κ2) is 9.40. The van der Waals surface area contributed by atoms with E-state index in [-0.39, 0.29) is 23.9 Å². The molecular weight excluding hydrogens is 447 g/mol. The van der Waals surface area contributed by atoms with Gasteiger partial charge >= 0.3 is 0 Å². The van der Waals surface area contributed by atoms with E-state index < -0.39 is 21.8 Å². The van der Waals surface area contributed by atoms with Crippen LogP contribution in [-0.4, -0.2) is 53.8 Å². The Labute approximate surface area is 192 Å². The molecule has 1 amide bonds. The van der Waals surface area contributed by atoms with Gasteiger partial charge in [-0.05, 0) is 44.0 Å². The number of hydrogen-bond donors (Lipinski definition) is 0. The molecule has 1 fully saturated rings. The fourth-order valence-corrected chi connectivity index (χ4v) is 5.37. The van der Waals surface area contributed by atoms with Crippen molar-refractivity contribution in [2.75, 3.05) is 20.1 Å². The van der Waals surface area contributed by atoms with Crippen molar-refractivity contribution < 1.29 is 22.1 Å². The van der Waals surface area contributed by atoms with Crippen LogP contribution in [0.3, 0.4) is 0 Å². The van der Waals surface area contributed by atoms with Crippen molar-refractivity contribution in [3.05, 3.63) is 65.8 Å². The lowest BCUT2D eigenvalue weighted by Crippen LogP contribution is -2.45. The first-order chi connectivity index (χ1) is 15.7. The molecule has 1 aromatic heterocycles. The highest BCUT2D eigenvalue weighted by atomic mass is 32.2. The fourth-order valence-electron chi connectivity index (χ4n) is 3.85. The summed E-state index contributed by atoms with van der Waals surface area (Å²) in [7, 11) is -2.17. The van der Waals surface area contributed by atoms with Crippen LogP contribution in [0.2, 0.25) is 0 Å². The van der Waals surface area contributed by atoms with E-state index >= 15 is 0 Å². The van der Waals surface area contributed by atoms with Crippen LogP contribution in [0.25, 0.3) is 11.4 Å². The lowest BCUT2D eigenvalue weighted by molar-refractivity contribution is -0.136. The smallest absolute Gasteiger partial charge is 0.246 e. The average Bonchev–Trinajstić information content (AvgIpc) is 3.27. The van der Waals surface area contributed by atoms with E-state index in [2.05, 4.69) is 10.1 Å². The first kappa shape index (κ1) is 23.1. The van der Waals surface area contributed by atoms with Gasteiger partial charge in [-0.15, -0.1) is 0 Å². The van der Waals surface area contributed by atoms with Gasteiger partial charge in [0.15, 0.2) is 0 Å². The predicted octanol–water partition coefficient (Wildman–Crippen LogP) is 3.24. The Hall–Kier alpha value is -3.11. The minimum absolute atomic E-state index is 0.0137. The summed E-state index contributed by atoms with van der Waals surface area (Å²) in [4.78, 5) is 18.9. The molecule has 0 aliphatic carbocycles. The van der Waals surface area contributed by atoms with E-state index in [1.807, 2.05) is 31.2 Å². The molecule has 0 N–H and O–H groups in total. The number of halogens is 1. The zero-order chi connectivity index (χ0) is 23.6. The van der Waals surface area contributed by atoms with E-state index in [1.165, 1.54) is 21.3 Å². The number of piperidine rings is 1. The molecule has 0 saturated carbocycles. The van der Waals surface area contributed by atoms with E-state index in [0.29, 0.717) is 31.1 Å². The molecule has 4 rings (SSSR count). The van der Waals surface area contributed by atoms with Crippen LogP contribution in [0.15, 0.2) is 57.9 Å². The highest BCUT2D eigenvalue weighted by Crippen LogP contribution is 2.25. The number of rotatable bonds is 6. The number of aromatic nitrogens is 2. The number of amides is 1. The number of nitrogens with zero attached hydrogens (tertiary/aromatic N) is 4. The normalized spacial score (nSPS) is 17.1. The van der Waals surface area contributed by atoms with Crippen molar-refractivity contribution in [1.82, 2.24) is 19.3 Å². The van der Waals surface area contributed by atoms with Gasteiger partial charge in [-0.3, -0.25) is 4.79 Å². The monoisotopic (exact) mass is 472 g/mol. The number of benzene rings is 2. The molecule has 2 heterocycles. The van der Waals surface area contributed by atoms with Gasteiger partial charge in [-0.1, -0.05) is 35.0 Å². The summed E-state index contributed by atoms with van der Waals surface area (Å²) in [6.07, 6.45) is 1.14. The van der Waals surface area contributed by atoms with Crippen molar-refractivity contribution in [2.45, 2.75) is 31.2 Å². The Kier molecular flexibility index (Phi) is 6.57. The first-order valence-corrected chi connectivity index (χ1v) is 12.1. The lowest BCUT2D eigenvalue weighted by atomic mass is 9.98. The van der Waals surface area contributed by atoms with Crippen molar-refractivity contribution in [1.29, 1.82) is 0 Å². The minimum atomic E-state index is -3.81. The van der Waals surface area contributed by atoms with Gasteiger partial charge in [0.05, 0.1) is 17.4 Å². The van der Waals surface area contributed by atoms with Crippen LogP contribution in [0.5, 0.6) is 0 Å². The van der Waals surface area contributed by atoms with Crippen molar-refractivity contribution in [3.8, 4) is 11.4 Å². The third-order valence-electron chi connectivity index (χ3n) is 5.71. The standard InChI is InChI=1S/C23H25FN4O4S/c1-16-5-7-17(8-6-16)22-25-21(32-26-22)15-27(2)23(29)18-4-3-13-28(14-18)33(30,31)20-11-9-19(24)10-12-20/h5-12,18H,3-4,13-15H2,1-2H3/t18-/m1/s1. The van der Waals surface area contributed by atoms with Crippen LogP contribution in [-0.2, 0) is 21.4 Å². The summed E-state index contributed by atoms with van der Waals surface area (Å²) in [5, 5.41) is 3.99. The number of aryl methyl sites for hydroxylation is 1. The van der Waals surface area contributed by atoms with Gasteiger partial charge in [-0.25, -0.2) is 12.8 Å². The van der Waals surface area contributed by atoms with Crippen LogP contribution in [0.1, 0.15) is 24.3 Å². The number of carbonyl (C=O) groups is 1. The number of sulfonamides is 1. The Morgan fingerprint density at radius 1 is 1.18 bits per heavy atom. The zero-order valence-electron chi connectivity index (χ0n) is 18.4. The fraction of sp³-hybridized carbons (Fsp3) is 0.348. The molecule has 1 atom stereocenters. The maximum atomic E-state index is 13.2. The Morgan fingerprint density at radius 3 is 2.58 bits per heavy atom. The van der Waals surface area contributed by atoms with E-state index in [0.717, 1.165) is 23.3 Å². The number of hydrogen-bond acceptors (Lipinski definition) is 6. The molecule has 33 heavy (non-hydrogen) atoms. The van der Waals surface area contributed by atoms with Gasteiger partial charge in [-0.2, -0.15) is 9.29 Å². The maximum absolute atomic E-state index is 13.2. The molecule has 1 aliphatic rings. The van der Waals surface area contributed by atoms with E-state index in [4.69, 9.17) is 4.52 Å². The molecule has 0 unspecified atom stereocenters. The molecule has 0 bridgehead atoms. The Balaban J connectivity index is 1.41. The second-order valence-corrected chi connectivity index (χ2v) is 10.2. The van der Waals surface area contributed by atoms with Crippen LogP contribution < -0.4 is 0 Å². The second-order valence-electron chi connectivity index (χ2n) is 8.23. The molecule has 1 saturated heterocycles. The Morgan fingerprint density at radius 2 is 1.88 bits per heavy atom. The molecule has 1 aliphatic heterocycles. The SMILES string of the molecule is Cc1ccc(-c2noc(CN(C)C(=O)[C@@H]3CCCN(S(=O)(=O)c4ccc(F)cc4)C3)n2)cc1. The van der Waals surface area contributed by atoms with Gasteiger partial charge in [0.2, 0.25) is 27.6 Å². The van der Waals surface area contributed by atoms with Gasteiger partial charge in [0, 0.05) is 25.7 Å². The van der Waals surface area contributed by atoms with Crippen LogP contribution >= 0.6 is 0 Å². The largest absolute Gasteiger partial charge is 0.337 e. The summed E-state index contributed by atoms with van der Waals surface area (Å²) < 4.78 is 45.7. The van der Waals surface area contributed by atoms with Gasteiger partial charge in [0.1, 0.15) is 5.82 Å².